The summed E-state index contributed by atoms with van der Waals surface area (Å²) in [6, 6.07) is -0.0367. The van der Waals surface area contributed by atoms with E-state index >= 15 is 0 Å². The number of alkyl halides is 1. The first-order valence-electron chi connectivity index (χ1n) is 5.32. The molecule has 0 aromatic carbocycles. The van der Waals surface area contributed by atoms with Gasteiger partial charge in [-0.2, -0.15) is 0 Å². The smallest absolute Gasteiger partial charge is 0.317 e. The summed E-state index contributed by atoms with van der Waals surface area (Å²) in [5, 5.41) is 2.72. The van der Waals surface area contributed by atoms with Gasteiger partial charge in [0.2, 0.25) is 0 Å². The van der Waals surface area contributed by atoms with Gasteiger partial charge in [-0.3, -0.25) is 4.39 Å². The van der Waals surface area contributed by atoms with Crippen LogP contribution in [0.2, 0.25) is 0 Å². The van der Waals surface area contributed by atoms with Crippen LogP contribution in [0.4, 0.5) is 9.18 Å². The van der Waals surface area contributed by atoms with E-state index in [0.29, 0.717) is 13.0 Å². The maximum atomic E-state index is 11.8. The Balaban J connectivity index is 2.17. The van der Waals surface area contributed by atoms with Gasteiger partial charge in [-0.1, -0.05) is 6.92 Å². The monoisotopic (exact) mass is 202 g/mol. The molecule has 0 bridgehead atoms. The van der Waals surface area contributed by atoms with Crippen molar-refractivity contribution in [1.82, 2.24) is 10.2 Å². The molecule has 1 saturated heterocycles. The van der Waals surface area contributed by atoms with E-state index in [-0.39, 0.29) is 12.7 Å². The van der Waals surface area contributed by atoms with Gasteiger partial charge >= 0.3 is 6.03 Å². The summed E-state index contributed by atoms with van der Waals surface area (Å²) in [5.74, 6) is 0.727. The molecule has 0 aromatic heterocycles. The van der Waals surface area contributed by atoms with Crippen molar-refractivity contribution in [2.24, 2.45) is 5.92 Å². The molecule has 1 fully saturated rings. The van der Waals surface area contributed by atoms with E-state index in [9.17, 15) is 9.18 Å². The molecule has 0 radical (unpaired) electrons. The van der Waals surface area contributed by atoms with Crippen molar-refractivity contribution < 1.29 is 9.18 Å². The molecular weight excluding hydrogens is 183 g/mol. The minimum absolute atomic E-state index is 0.0367. The van der Waals surface area contributed by atoms with Crippen LogP contribution in [0.5, 0.6) is 0 Å². The molecule has 1 rings (SSSR count). The molecule has 1 aliphatic rings. The number of amides is 2. The molecule has 1 N–H and O–H groups in total. The van der Waals surface area contributed by atoms with Gasteiger partial charge in [-0.15, -0.1) is 0 Å². The first kappa shape index (κ1) is 11.3. The Morgan fingerprint density at radius 3 is 2.71 bits per heavy atom. The number of halogens is 1. The van der Waals surface area contributed by atoms with Crippen molar-refractivity contribution in [1.29, 1.82) is 0 Å². The highest BCUT2D eigenvalue weighted by atomic mass is 19.1. The average Bonchev–Trinajstić information content (AvgIpc) is 2.19. The van der Waals surface area contributed by atoms with E-state index < -0.39 is 0 Å². The number of hydrogen-bond acceptors (Lipinski definition) is 1. The van der Waals surface area contributed by atoms with Crippen LogP contribution >= 0.6 is 0 Å². The van der Waals surface area contributed by atoms with Gasteiger partial charge < -0.3 is 10.2 Å². The predicted octanol–water partition coefficient (Wildman–Crippen LogP) is 1.79. The third-order valence-electron chi connectivity index (χ3n) is 2.66. The second-order valence-electron chi connectivity index (χ2n) is 3.94. The second kappa shape index (κ2) is 5.83. The topological polar surface area (TPSA) is 32.3 Å². The van der Waals surface area contributed by atoms with Crippen LogP contribution in [0.25, 0.3) is 0 Å². The van der Waals surface area contributed by atoms with Crippen molar-refractivity contribution in [3.05, 3.63) is 0 Å². The maximum Gasteiger partial charge on any atom is 0.317 e. The van der Waals surface area contributed by atoms with E-state index in [1.54, 1.807) is 0 Å². The third kappa shape index (κ3) is 3.52. The number of carbonyl (C=O) groups is 1. The molecule has 1 heterocycles. The molecule has 3 nitrogen and oxygen atoms in total. The van der Waals surface area contributed by atoms with Crippen LogP contribution in [0, 0.1) is 5.92 Å². The number of urea groups is 1. The van der Waals surface area contributed by atoms with Crippen LogP contribution in [0.1, 0.15) is 26.2 Å². The minimum Gasteiger partial charge on any atom is -0.338 e. The zero-order chi connectivity index (χ0) is 10.4. The summed E-state index contributed by atoms with van der Waals surface area (Å²) < 4.78 is 11.8. The number of piperidine rings is 1. The summed E-state index contributed by atoms with van der Waals surface area (Å²) in [4.78, 5) is 13.3. The lowest BCUT2D eigenvalue weighted by atomic mass is 10.00. The van der Waals surface area contributed by atoms with E-state index in [1.165, 1.54) is 0 Å². The summed E-state index contributed by atoms with van der Waals surface area (Å²) in [6.45, 7) is 3.96. The highest BCUT2D eigenvalue weighted by Gasteiger charge is 2.19. The SMILES string of the molecule is CC1CCN(C(=O)NCCCF)CC1. The molecule has 0 spiro atoms. The summed E-state index contributed by atoms with van der Waals surface area (Å²) in [6.07, 6.45) is 2.57. The predicted molar refractivity (Wildman–Crippen MR) is 54.0 cm³/mol. The Labute approximate surface area is 84.7 Å². The van der Waals surface area contributed by atoms with Crippen molar-refractivity contribution in [3.8, 4) is 0 Å². The molecule has 4 heteroatoms. The molecule has 82 valence electrons. The van der Waals surface area contributed by atoms with E-state index in [0.717, 1.165) is 31.8 Å². The van der Waals surface area contributed by atoms with Crippen molar-refractivity contribution in [2.75, 3.05) is 26.3 Å². The first-order valence-corrected chi connectivity index (χ1v) is 5.32. The fraction of sp³-hybridized carbons (Fsp3) is 0.900. The van der Waals surface area contributed by atoms with Crippen LogP contribution in [-0.4, -0.2) is 37.2 Å². The number of nitrogens with zero attached hydrogens (tertiary/aromatic N) is 1. The maximum absolute atomic E-state index is 11.8. The molecule has 0 unspecified atom stereocenters. The van der Waals surface area contributed by atoms with E-state index in [1.807, 2.05) is 4.90 Å². The van der Waals surface area contributed by atoms with E-state index in [2.05, 4.69) is 12.2 Å². The van der Waals surface area contributed by atoms with Crippen molar-refractivity contribution in [2.45, 2.75) is 26.2 Å². The van der Waals surface area contributed by atoms with Crippen LogP contribution in [-0.2, 0) is 0 Å². The molecule has 0 aliphatic carbocycles. The van der Waals surface area contributed by atoms with Gasteiger partial charge in [-0.05, 0) is 25.2 Å². The fourth-order valence-electron chi connectivity index (χ4n) is 1.59. The number of carbonyl (C=O) groups excluding carboxylic acids is 1. The minimum atomic E-state index is -0.364. The molecule has 0 aromatic rings. The molecule has 0 atom stereocenters. The Morgan fingerprint density at radius 2 is 2.14 bits per heavy atom. The van der Waals surface area contributed by atoms with Gasteiger partial charge in [0, 0.05) is 19.6 Å². The van der Waals surface area contributed by atoms with Crippen LogP contribution in [0.15, 0.2) is 0 Å². The Kier molecular flexibility index (Phi) is 4.70. The molecular formula is C10H19FN2O. The number of rotatable bonds is 3. The second-order valence-corrected chi connectivity index (χ2v) is 3.94. The van der Waals surface area contributed by atoms with Crippen LogP contribution in [0.3, 0.4) is 0 Å². The summed E-state index contributed by atoms with van der Waals surface area (Å²) in [5.41, 5.74) is 0. The number of nitrogens with one attached hydrogen (secondary N) is 1. The van der Waals surface area contributed by atoms with Gasteiger partial charge in [0.1, 0.15) is 0 Å². The first-order chi connectivity index (χ1) is 6.74. The van der Waals surface area contributed by atoms with Crippen molar-refractivity contribution >= 4 is 6.03 Å². The largest absolute Gasteiger partial charge is 0.338 e. The normalized spacial score (nSPS) is 18.3. The van der Waals surface area contributed by atoms with Gasteiger partial charge in [0.25, 0.3) is 0 Å². The zero-order valence-electron chi connectivity index (χ0n) is 8.76. The molecule has 14 heavy (non-hydrogen) atoms. The van der Waals surface area contributed by atoms with Crippen LogP contribution < -0.4 is 5.32 Å². The Morgan fingerprint density at radius 1 is 1.50 bits per heavy atom. The average molecular weight is 202 g/mol. The number of hydrogen-bond donors (Lipinski definition) is 1. The van der Waals surface area contributed by atoms with Gasteiger partial charge in [0.15, 0.2) is 0 Å². The van der Waals surface area contributed by atoms with Gasteiger partial charge in [0.05, 0.1) is 6.67 Å². The lowest BCUT2D eigenvalue weighted by Gasteiger charge is -2.30. The lowest BCUT2D eigenvalue weighted by molar-refractivity contribution is 0.173. The Bertz CT molecular complexity index is 179. The quantitative estimate of drug-likeness (QED) is 0.695. The molecule has 0 saturated carbocycles. The molecule has 1 aliphatic heterocycles. The van der Waals surface area contributed by atoms with E-state index in [4.69, 9.17) is 0 Å². The van der Waals surface area contributed by atoms with Gasteiger partial charge in [-0.25, -0.2) is 4.79 Å². The molecule has 2 amide bonds. The highest BCUT2D eigenvalue weighted by molar-refractivity contribution is 5.74. The zero-order valence-corrected chi connectivity index (χ0v) is 8.76. The fourth-order valence-corrected chi connectivity index (χ4v) is 1.59. The van der Waals surface area contributed by atoms with Crippen molar-refractivity contribution in [3.63, 3.8) is 0 Å². The third-order valence-corrected chi connectivity index (χ3v) is 2.66. The standard InChI is InChI=1S/C10H19FN2O/c1-9-3-7-13(8-4-9)10(14)12-6-2-5-11/h9H,2-8H2,1H3,(H,12,14). The highest BCUT2D eigenvalue weighted by Crippen LogP contribution is 2.15. The number of likely N-dealkylation sites (tertiary alicyclic amines) is 1. The summed E-state index contributed by atoms with van der Waals surface area (Å²) in [7, 11) is 0. The lowest BCUT2D eigenvalue weighted by Crippen LogP contribution is -2.44. The Hall–Kier alpha value is -0.800. The summed E-state index contributed by atoms with van der Waals surface area (Å²) >= 11 is 0.